The Morgan fingerprint density at radius 3 is 2.69 bits per heavy atom. The molecule has 0 aromatic rings. The number of nitrogens with one attached hydrogen (secondary N) is 1. The van der Waals surface area contributed by atoms with E-state index in [1.165, 1.54) is 0 Å². The molecule has 0 fully saturated rings. The minimum absolute atomic E-state index is 0.288. The molecule has 5 heteroatoms. The first-order valence-electron chi connectivity index (χ1n) is 5.06. The Kier molecular flexibility index (Phi) is 2.71. The summed E-state index contributed by atoms with van der Waals surface area (Å²) in [6.45, 7) is 5.69. The highest BCUT2D eigenvalue weighted by molar-refractivity contribution is 7.71. The van der Waals surface area contributed by atoms with E-state index in [1.807, 2.05) is 19.9 Å². The molecule has 3 nitrogen and oxygen atoms in total. The van der Waals surface area contributed by atoms with Crippen LogP contribution in [0.4, 0.5) is 4.39 Å². The van der Waals surface area contributed by atoms with Gasteiger partial charge in [-0.25, -0.2) is 9.97 Å². The van der Waals surface area contributed by atoms with Gasteiger partial charge in [-0.15, -0.1) is 0 Å². The molecule has 0 atom stereocenters. The number of H-pyrrole nitrogens is 1. The maximum Gasteiger partial charge on any atom is 0.214 e. The van der Waals surface area contributed by atoms with Crippen LogP contribution >= 0.6 is 12.2 Å². The van der Waals surface area contributed by atoms with Crippen LogP contribution in [0.25, 0.3) is 11.5 Å². The molecule has 0 unspecified atom stereocenters. The summed E-state index contributed by atoms with van der Waals surface area (Å²) in [5.41, 5.74) is 1.95. The Labute approximate surface area is 98.1 Å². The van der Waals surface area contributed by atoms with E-state index in [1.54, 1.807) is 6.92 Å². The predicted octanol–water partition coefficient (Wildman–Crippen LogP) is 3.21. The lowest BCUT2D eigenvalue weighted by Crippen LogP contribution is -2.04. The van der Waals surface area contributed by atoms with Gasteiger partial charge < -0.3 is 4.98 Å². The molecule has 1 N–H and O–H groups in total. The molecule has 2 rings (SSSR count). The lowest BCUT2D eigenvalue weighted by atomic mass is 10.0. The van der Waals surface area contributed by atoms with Crippen molar-refractivity contribution in [3.05, 3.63) is 27.9 Å². The van der Waals surface area contributed by atoms with Crippen LogP contribution in [-0.2, 0) is 0 Å². The molecule has 84 valence electrons. The highest BCUT2D eigenvalue weighted by Gasteiger charge is 2.13. The van der Waals surface area contributed by atoms with Gasteiger partial charge in [0.25, 0.3) is 0 Å². The van der Waals surface area contributed by atoms with E-state index < -0.39 is 5.95 Å². The van der Waals surface area contributed by atoms with E-state index in [4.69, 9.17) is 12.2 Å². The van der Waals surface area contributed by atoms with Gasteiger partial charge in [-0.1, -0.05) is 26.1 Å². The van der Waals surface area contributed by atoms with Crippen LogP contribution in [0.5, 0.6) is 0 Å². The summed E-state index contributed by atoms with van der Waals surface area (Å²) >= 11 is 5.15. The standard InChI is InChI=1S/C11H12FN3S/c1-5(2)7-4-8-10(15-11(7)16)14-9(12)6(3)13-8/h4-5H,1-3H3,(H,14,15,16). The van der Waals surface area contributed by atoms with Crippen molar-refractivity contribution in [3.8, 4) is 11.5 Å². The van der Waals surface area contributed by atoms with E-state index in [9.17, 15) is 4.39 Å². The van der Waals surface area contributed by atoms with Crippen LogP contribution in [-0.4, -0.2) is 15.0 Å². The number of halogens is 1. The van der Waals surface area contributed by atoms with Gasteiger partial charge in [0.2, 0.25) is 5.95 Å². The molecule has 2 heterocycles. The highest BCUT2D eigenvalue weighted by Crippen LogP contribution is 2.23. The van der Waals surface area contributed by atoms with E-state index >= 15 is 0 Å². The second-order valence-corrected chi connectivity index (χ2v) is 4.43. The van der Waals surface area contributed by atoms with E-state index in [-0.39, 0.29) is 5.92 Å². The van der Waals surface area contributed by atoms with Gasteiger partial charge in [0.05, 0.1) is 5.69 Å². The fourth-order valence-electron chi connectivity index (χ4n) is 1.52. The van der Waals surface area contributed by atoms with Gasteiger partial charge in [0.1, 0.15) is 10.3 Å². The molecule has 0 radical (unpaired) electrons. The van der Waals surface area contributed by atoms with Crippen molar-refractivity contribution in [1.82, 2.24) is 15.0 Å². The molecule has 0 aromatic heterocycles. The number of aromatic nitrogens is 3. The highest BCUT2D eigenvalue weighted by atomic mass is 32.1. The topological polar surface area (TPSA) is 41.6 Å². The molecule has 0 saturated heterocycles. The Bertz CT molecular complexity index is 562. The molecular weight excluding hydrogens is 225 g/mol. The van der Waals surface area contributed by atoms with Crippen molar-refractivity contribution in [1.29, 1.82) is 0 Å². The third-order valence-electron chi connectivity index (χ3n) is 2.45. The Morgan fingerprint density at radius 2 is 2.06 bits per heavy atom. The predicted molar refractivity (Wildman–Crippen MR) is 62.6 cm³/mol. The van der Waals surface area contributed by atoms with Crippen LogP contribution in [0.15, 0.2) is 6.07 Å². The summed E-state index contributed by atoms with van der Waals surface area (Å²) in [6, 6.07) is 1.87. The zero-order valence-corrected chi connectivity index (χ0v) is 10.2. The molecule has 16 heavy (non-hydrogen) atoms. The Morgan fingerprint density at radius 1 is 1.38 bits per heavy atom. The number of pyridine rings is 1. The molecule has 0 spiro atoms. The van der Waals surface area contributed by atoms with E-state index in [0.717, 1.165) is 5.56 Å². The zero-order valence-electron chi connectivity index (χ0n) is 9.34. The van der Waals surface area contributed by atoms with Gasteiger partial charge in [0, 0.05) is 0 Å². The van der Waals surface area contributed by atoms with Crippen LogP contribution in [0.1, 0.15) is 31.0 Å². The largest absolute Gasteiger partial charge is 0.313 e. The lowest BCUT2D eigenvalue weighted by Gasteiger charge is -2.10. The van der Waals surface area contributed by atoms with Gasteiger partial charge >= 0.3 is 0 Å². The number of aromatic amines is 1. The minimum atomic E-state index is -0.466. The van der Waals surface area contributed by atoms with Crippen molar-refractivity contribution in [2.75, 3.05) is 0 Å². The zero-order chi connectivity index (χ0) is 11.9. The molecule has 0 aliphatic carbocycles. The van der Waals surface area contributed by atoms with Crippen LogP contribution in [0, 0.1) is 17.5 Å². The number of rotatable bonds is 1. The van der Waals surface area contributed by atoms with Crippen molar-refractivity contribution in [3.63, 3.8) is 0 Å². The summed E-state index contributed by atoms with van der Waals surface area (Å²) in [5.74, 6) is 0.223. The van der Waals surface area contributed by atoms with E-state index in [2.05, 4.69) is 15.0 Å². The maximum atomic E-state index is 13.2. The number of hydrogen-bond donors (Lipinski definition) is 1. The first-order chi connectivity index (χ1) is 7.49. The van der Waals surface area contributed by atoms with Gasteiger partial charge in [-0.2, -0.15) is 4.39 Å². The van der Waals surface area contributed by atoms with Gasteiger partial charge in [-0.3, -0.25) is 0 Å². The number of hydrogen-bond acceptors (Lipinski definition) is 3. The molecule has 0 amide bonds. The van der Waals surface area contributed by atoms with Crippen molar-refractivity contribution in [2.45, 2.75) is 26.7 Å². The SMILES string of the molecule is Cc1nc2cc(C(C)C)c(=S)nc-2[nH]c1F. The first kappa shape index (κ1) is 11.1. The molecule has 0 bridgehead atoms. The quantitative estimate of drug-likeness (QED) is 0.774. The van der Waals surface area contributed by atoms with Crippen molar-refractivity contribution >= 4 is 12.2 Å². The number of aryl methyl sites for hydroxylation is 1. The van der Waals surface area contributed by atoms with Crippen LogP contribution in [0.3, 0.4) is 0 Å². The second-order valence-electron chi connectivity index (χ2n) is 4.04. The van der Waals surface area contributed by atoms with E-state index in [0.29, 0.717) is 21.9 Å². The monoisotopic (exact) mass is 237 g/mol. The van der Waals surface area contributed by atoms with Gasteiger partial charge in [0.15, 0.2) is 5.82 Å². The van der Waals surface area contributed by atoms with Crippen LogP contribution < -0.4 is 0 Å². The fourth-order valence-corrected chi connectivity index (χ4v) is 1.90. The molecule has 2 aliphatic heterocycles. The van der Waals surface area contributed by atoms with Crippen molar-refractivity contribution in [2.24, 2.45) is 0 Å². The lowest BCUT2D eigenvalue weighted by molar-refractivity contribution is 0.564. The number of fused-ring (bicyclic) bond motifs is 1. The summed E-state index contributed by atoms with van der Waals surface area (Å²) in [6.07, 6.45) is 0. The maximum absolute atomic E-state index is 13.2. The number of nitrogens with zero attached hydrogens (tertiary/aromatic N) is 2. The average Bonchev–Trinajstić information content (AvgIpc) is 2.19. The third kappa shape index (κ3) is 1.82. The summed E-state index contributed by atoms with van der Waals surface area (Å²) < 4.78 is 13.8. The smallest absolute Gasteiger partial charge is 0.214 e. The summed E-state index contributed by atoms with van der Waals surface area (Å²) in [7, 11) is 0. The Hall–Kier alpha value is -1.36. The average molecular weight is 237 g/mol. The summed E-state index contributed by atoms with van der Waals surface area (Å²) in [5, 5.41) is 0. The second kappa shape index (κ2) is 3.90. The molecule has 0 aromatic carbocycles. The molecule has 0 saturated carbocycles. The van der Waals surface area contributed by atoms with Gasteiger partial charge in [-0.05, 0) is 24.5 Å². The van der Waals surface area contributed by atoms with Crippen LogP contribution in [0.2, 0.25) is 0 Å². The fraction of sp³-hybridized carbons (Fsp3) is 0.364. The normalized spacial score (nSPS) is 11.3. The molecular formula is C11H12FN3S. The third-order valence-corrected chi connectivity index (χ3v) is 2.78. The molecule has 2 aliphatic rings. The first-order valence-corrected chi connectivity index (χ1v) is 5.47. The Balaban J connectivity index is 2.76. The van der Waals surface area contributed by atoms with Crippen molar-refractivity contribution < 1.29 is 4.39 Å². The summed E-state index contributed by atoms with van der Waals surface area (Å²) in [4.78, 5) is 10.9. The minimum Gasteiger partial charge on any atom is -0.313 e.